The lowest BCUT2D eigenvalue weighted by atomic mass is 9.62. The van der Waals surface area contributed by atoms with Crippen LogP contribution in [0.1, 0.15) is 79.1 Å². The Morgan fingerprint density at radius 1 is 1.00 bits per heavy atom. The second kappa shape index (κ2) is 11.0. The van der Waals surface area contributed by atoms with Gasteiger partial charge in [0, 0.05) is 7.11 Å². The van der Waals surface area contributed by atoms with Gasteiger partial charge in [-0.25, -0.2) is 0 Å². The molecule has 0 aromatic carbocycles. The summed E-state index contributed by atoms with van der Waals surface area (Å²) in [4.78, 5) is 0. The molecule has 0 amide bonds. The first-order valence-corrected chi connectivity index (χ1v) is 9.43. The molecule has 0 unspecified atom stereocenters. The minimum atomic E-state index is 0.519. The van der Waals surface area contributed by atoms with Crippen LogP contribution in [0.2, 0.25) is 0 Å². The fourth-order valence-electron chi connectivity index (χ4n) is 3.96. The number of ether oxygens (including phenoxy) is 1. The zero-order valence-electron chi connectivity index (χ0n) is 14.7. The highest BCUT2D eigenvalue weighted by atomic mass is 32.1. The molecule has 0 N–H and O–H groups in total. The van der Waals surface area contributed by atoms with Crippen molar-refractivity contribution in [1.82, 2.24) is 0 Å². The Labute approximate surface area is 133 Å². The van der Waals surface area contributed by atoms with Gasteiger partial charge in [-0.15, -0.1) is 0 Å². The van der Waals surface area contributed by atoms with Gasteiger partial charge >= 0.3 is 0 Å². The van der Waals surface area contributed by atoms with Crippen LogP contribution < -0.4 is 0 Å². The molecule has 1 rings (SSSR count). The average Bonchev–Trinajstić information content (AvgIpc) is 2.49. The third-order valence-corrected chi connectivity index (χ3v) is 5.39. The lowest BCUT2D eigenvalue weighted by Gasteiger charge is -2.44. The van der Waals surface area contributed by atoms with Crippen molar-refractivity contribution in [1.29, 1.82) is 0 Å². The van der Waals surface area contributed by atoms with Crippen LogP contribution in [0, 0.1) is 17.3 Å². The van der Waals surface area contributed by atoms with Gasteiger partial charge in [0.1, 0.15) is 0 Å². The quantitative estimate of drug-likeness (QED) is 0.569. The lowest BCUT2D eigenvalue weighted by molar-refractivity contribution is 0.00795. The summed E-state index contributed by atoms with van der Waals surface area (Å²) in [5.74, 6) is 1.82. The second-order valence-corrected chi connectivity index (χ2v) is 6.80. The molecular weight excluding hydrogens is 264 g/mol. The molecule has 0 spiro atoms. The minimum absolute atomic E-state index is 0.519. The van der Waals surface area contributed by atoms with Crippen LogP contribution in [0.25, 0.3) is 0 Å². The number of rotatable bonds is 7. The van der Waals surface area contributed by atoms with E-state index in [1.807, 2.05) is 7.11 Å². The van der Waals surface area contributed by atoms with E-state index >= 15 is 0 Å². The fourth-order valence-corrected chi connectivity index (χ4v) is 3.96. The van der Waals surface area contributed by atoms with E-state index in [2.05, 4.69) is 40.3 Å². The first-order valence-electron chi connectivity index (χ1n) is 8.53. The van der Waals surface area contributed by atoms with Gasteiger partial charge in [-0.3, -0.25) is 0 Å². The highest BCUT2D eigenvalue weighted by Crippen LogP contribution is 2.46. The molecule has 1 nitrogen and oxygen atoms in total. The van der Waals surface area contributed by atoms with Crippen molar-refractivity contribution in [2.24, 2.45) is 17.3 Å². The smallest absolute Gasteiger partial charge is 0.0571 e. The molecule has 1 fully saturated rings. The van der Waals surface area contributed by atoms with E-state index in [0.717, 1.165) is 11.8 Å². The van der Waals surface area contributed by atoms with Crippen LogP contribution in [-0.4, -0.2) is 19.5 Å². The molecule has 0 bridgehead atoms. The molecule has 0 aliphatic heterocycles. The van der Waals surface area contributed by atoms with Gasteiger partial charge in [0.2, 0.25) is 0 Å². The summed E-state index contributed by atoms with van der Waals surface area (Å²) in [6, 6.07) is 0. The van der Waals surface area contributed by atoms with Gasteiger partial charge in [-0.05, 0) is 49.2 Å². The van der Waals surface area contributed by atoms with Crippen LogP contribution in [0.4, 0.5) is 0 Å². The Balaban J connectivity index is 0.00000172. The summed E-state index contributed by atoms with van der Waals surface area (Å²) < 4.78 is 5.51. The first kappa shape index (κ1) is 20.3. The molecule has 0 atom stereocenters. The summed E-state index contributed by atoms with van der Waals surface area (Å²) in [6.45, 7) is 9.72. The molecular formula is C18H38OS. The van der Waals surface area contributed by atoms with Crippen LogP contribution in [-0.2, 0) is 4.74 Å². The Hall–Kier alpha value is 0.310. The SMILES string of the molecule is CCCC(CCC)C(C)(C)C1CCC(OC)CC1.CS. The Kier molecular flexibility index (Phi) is 11.1. The molecule has 1 saturated carbocycles. The molecule has 122 valence electrons. The number of hydrogen-bond acceptors (Lipinski definition) is 2. The summed E-state index contributed by atoms with van der Waals surface area (Å²) in [5, 5.41) is 0. The molecule has 0 heterocycles. The molecule has 0 aromatic heterocycles. The summed E-state index contributed by atoms with van der Waals surface area (Å²) in [5.41, 5.74) is 0.519. The maximum absolute atomic E-state index is 5.51. The zero-order chi connectivity index (χ0) is 15.6. The van der Waals surface area contributed by atoms with E-state index in [1.54, 1.807) is 6.26 Å². The second-order valence-electron chi connectivity index (χ2n) is 6.80. The highest BCUT2D eigenvalue weighted by molar-refractivity contribution is 7.79. The maximum atomic E-state index is 5.51. The van der Waals surface area contributed by atoms with Gasteiger partial charge < -0.3 is 4.74 Å². The third-order valence-electron chi connectivity index (χ3n) is 5.39. The van der Waals surface area contributed by atoms with E-state index in [4.69, 9.17) is 4.74 Å². The molecule has 0 saturated heterocycles. The first-order chi connectivity index (χ1) is 9.56. The van der Waals surface area contributed by atoms with Crippen molar-refractivity contribution in [2.75, 3.05) is 13.4 Å². The Bertz CT molecular complexity index is 213. The molecule has 20 heavy (non-hydrogen) atoms. The zero-order valence-corrected chi connectivity index (χ0v) is 15.6. The van der Waals surface area contributed by atoms with Crippen molar-refractivity contribution in [3.8, 4) is 0 Å². The normalized spacial score (nSPS) is 23.4. The Morgan fingerprint density at radius 3 is 1.80 bits per heavy atom. The minimum Gasteiger partial charge on any atom is -0.381 e. The predicted octanol–water partition coefficient (Wildman–Crippen LogP) is 5.98. The van der Waals surface area contributed by atoms with Crippen LogP contribution in [0.3, 0.4) is 0 Å². The van der Waals surface area contributed by atoms with Crippen molar-refractivity contribution in [2.45, 2.75) is 85.2 Å². The average molecular weight is 303 g/mol. The molecule has 0 aromatic rings. The van der Waals surface area contributed by atoms with E-state index < -0.39 is 0 Å². The maximum Gasteiger partial charge on any atom is 0.0571 e. The van der Waals surface area contributed by atoms with E-state index in [9.17, 15) is 0 Å². The van der Waals surface area contributed by atoms with Gasteiger partial charge in [0.05, 0.1) is 6.10 Å². The van der Waals surface area contributed by atoms with E-state index in [1.165, 1.54) is 51.4 Å². The lowest BCUT2D eigenvalue weighted by Crippen LogP contribution is -2.36. The number of thiol groups is 1. The van der Waals surface area contributed by atoms with Gasteiger partial charge in [-0.2, -0.15) is 12.6 Å². The molecule has 1 aliphatic rings. The van der Waals surface area contributed by atoms with Gasteiger partial charge in [-0.1, -0.05) is 53.4 Å². The predicted molar refractivity (Wildman–Crippen MR) is 94.8 cm³/mol. The van der Waals surface area contributed by atoms with Crippen molar-refractivity contribution in [3.05, 3.63) is 0 Å². The monoisotopic (exact) mass is 302 g/mol. The van der Waals surface area contributed by atoms with E-state index in [-0.39, 0.29) is 0 Å². The molecule has 0 radical (unpaired) electrons. The van der Waals surface area contributed by atoms with Crippen LogP contribution in [0.15, 0.2) is 0 Å². The van der Waals surface area contributed by atoms with Crippen molar-refractivity contribution < 1.29 is 4.74 Å². The number of hydrogen-bond donors (Lipinski definition) is 1. The fraction of sp³-hybridized carbons (Fsp3) is 1.00. The summed E-state index contributed by atoms with van der Waals surface area (Å²) in [6.07, 6.45) is 13.0. The largest absolute Gasteiger partial charge is 0.381 e. The Morgan fingerprint density at radius 2 is 1.45 bits per heavy atom. The topological polar surface area (TPSA) is 9.23 Å². The standard InChI is InChI=1S/C17H34O.CH4S/c1-6-8-14(9-7-2)17(3,4)15-10-12-16(18-5)13-11-15;1-2/h14-16H,6-13H2,1-5H3;2H,1H3. The van der Waals surface area contributed by atoms with Gasteiger partial charge in [0.25, 0.3) is 0 Å². The summed E-state index contributed by atoms with van der Waals surface area (Å²) in [7, 11) is 1.87. The van der Waals surface area contributed by atoms with Crippen molar-refractivity contribution in [3.63, 3.8) is 0 Å². The summed E-state index contributed by atoms with van der Waals surface area (Å²) >= 11 is 3.53. The van der Waals surface area contributed by atoms with Crippen LogP contribution in [0.5, 0.6) is 0 Å². The van der Waals surface area contributed by atoms with Crippen LogP contribution >= 0.6 is 12.6 Å². The highest BCUT2D eigenvalue weighted by Gasteiger charge is 2.38. The third kappa shape index (κ3) is 5.97. The number of methoxy groups -OCH3 is 1. The molecule has 1 aliphatic carbocycles. The molecule has 2 heteroatoms. The van der Waals surface area contributed by atoms with E-state index in [0.29, 0.717) is 11.5 Å². The van der Waals surface area contributed by atoms with Crippen molar-refractivity contribution >= 4 is 12.6 Å². The van der Waals surface area contributed by atoms with Gasteiger partial charge in [0.15, 0.2) is 0 Å².